The van der Waals surface area contributed by atoms with Crippen LogP contribution in [0.25, 0.3) is 0 Å². The van der Waals surface area contributed by atoms with Gasteiger partial charge in [0.2, 0.25) is 0 Å². The van der Waals surface area contributed by atoms with Crippen LogP contribution in [0, 0.1) is 0 Å². The molecule has 1 aliphatic heterocycles. The van der Waals surface area contributed by atoms with Gasteiger partial charge in [-0.2, -0.15) is 0 Å². The van der Waals surface area contributed by atoms with Crippen molar-refractivity contribution >= 4 is 36.5 Å². The van der Waals surface area contributed by atoms with Crippen molar-refractivity contribution in [3.8, 4) is 0 Å². The molecule has 2 nitrogen and oxygen atoms in total. The van der Waals surface area contributed by atoms with Crippen LogP contribution in [0.3, 0.4) is 0 Å². The average molecular weight is 406 g/mol. The Labute approximate surface area is 82.7 Å². The normalized spacial score (nSPS) is 26.9. The Morgan fingerprint density at radius 2 is 1.80 bits per heavy atom. The summed E-state index contributed by atoms with van der Waals surface area (Å²) in [6, 6.07) is 0. The molecule has 0 saturated carbocycles. The summed E-state index contributed by atoms with van der Waals surface area (Å²) in [5, 5.41) is 0. The zero-order valence-electron chi connectivity index (χ0n) is 5.22. The van der Waals surface area contributed by atoms with E-state index in [1.165, 1.54) is 0 Å². The zero-order valence-corrected chi connectivity index (χ0v) is 11.2. The van der Waals surface area contributed by atoms with Gasteiger partial charge in [-0.3, -0.25) is 0 Å². The Hall–Kier alpha value is 1.76. The summed E-state index contributed by atoms with van der Waals surface area (Å²) in [5.74, 6) is 2.83. The number of rotatable bonds is 1. The van der Waals surface area contributed by atoms with Gasteiger partial charge in [0.25, 0.3) is 0 Å². The van der Waals surface area contributed by atoms with E-state index < -0.39 is 9.84 Å². The summed E-state index contributed by atoms with van der Waals surface area (Å²) >= 11 is 2.72. The molecule has 0 spiro atoms. The first-order valence-corrected chi connectivity index (χ1v) is 15.0. The van der Waals surface area contributed by atoms with Gasteiger partial charge in [-0.1, -0.05) is 0 Å². The molecule has 0 aromatic rings. The molecule has 0 amide bonds. The van der Waals surface area contributed by atoms with Gasteiger partial charge in [-0.15, -0.1) is 0 Å². The quantitative estimate of drug-likeness (QED) is 0.354. The second kappa shape index (κ2) is 4.13. The summed E-state index contributed by atoms with van der Waals surface area (Å²) in [5.41, 5.74) is 0. The maximum absolute atomic E-state index is 10.9. The molecule has 1 saturated heterocycles. The van der Waals surface area contributed by atoms with E-state index in [0.717, 1.165) is 11.5 Å². The third kappa shape index (κ3) is 3.02. The van der Waals surface area contributed by atoms with Gasteiger partial charge in [0.1, 0.15) is 0 Å². The van der Waals surface area contributed by atoms with Crippen molar-refractivity contribution < 1.29 is 24.3 Å². The molecular weight excluding hydrogens is 398 g/mol. The van der Waals surface area contributed by atoms with Crippen LogP contribution in [0.15, 0.2) is 0 Å². The van der Waals surface area contributed by atoms with Crippen molar-refractivity contribution in [1.82, 2.24) is 0 Å². The van der Waals surface area contributed by atoms with E-state index in [1.54, 1.807) is 0 Å². The molecule has 62 valence electrons. The van der Waals surface area contributed by atoms with Crippen molar-refractivity contribution in [1.29, 1.82) is 0 Å². The summed E-state index contributed by atoms with van der Waals surface area (Å²) in [6.45, 7) is 0. The van der Waals surface area contributed by atoms with E-state index in [-0.39, 0.29) is 15.8 Å². The van der Waals surface area contributed by atoms with E-state index in [1.807, 2.05) is 0 Å². The van der Waals surface area contributed by atoms with E-state index in [2.05, 4.69) is 18.6 Å². The molecule has 0 unspecified atom stereocenters. The molecule has 1 fully saturated rings. The van der Waals surface area contributed by atoms with Crippen LogP contribution in [-0.2, 0) is 17.9 Å². The Kier molecular flexibility index (Phi) is 4.06. The molecule has 1 heterocycles. The van der Waals surface area contributed by atoms with E-state index >= 15 is 0 Å². The van der Waals surface area contributed by atoms with Crippen LogP contribution in [-0.4, -0.2) is 31.4 Å². The number of sulfone groups is 1. The van der Waals surface area contributed by atoms with Crippen LogP contribution in [0.4, 0.5) is 0 Å². The first kappa shape index (κ1) is 9.85. The van der Waals surface area contributed by atoms with Crippen LogP contribution < -0.4 is 15.8 Å². The average Bonchev–Trinajstić information content (AvgIpc) is 1.88. The summed E-state index contributed by atoms with van der Waals surface area (Å²) in [4.78, 5) is 0. The fraction of sp³-hybridized carbons (Fsp3) is 1.00. The molecule has 1 rings (SSSR count). The van der Waals surface area contributed by atoms with Crippen molar-refractivity contribution in [2.75, 3.05) is 23.0 Å². The second-order valence-electron chi connectivity index (χ2n) is 2.04. The fourth-order valence-corrected chi connectivity index (χ4v) is 15.6. The topological polar surface area (TPSA) is 34.1 Å². The van der Waals surface area contributed by atoms with Gasteiger partial charge in [-0.25, -0.2) is 0 Å². The maximum atomic E-state index is 10.9. The minimum atomic E-state index is -2.60. The van der Waals surface area contributed by atoms with Gasteiger partial charge >= 0.3 is 83.8 Å². The molecular formula is C4H8I2O2S2. The third-order valence-corrected chi connectivity index (χ3v) is 18.5. The van der Waals surface area contributed by atoms with Crippen molar-refractivity contribution in [3.05, 3.63) is 0 Å². The summed E-state index contributed by atoms with van der Waals surface area (Å²) in [6.07, 6.45) is 0. The predicted molar refractivity (Wildman–Crippen MR) is 49.8 cm³/mol. The summed E-state index contributed by atoms with van der Waals surface area (Å²) < 4.78 is 21.9. The first-order valence-electron chi connectivity index (χ1n) is 2.79. The third-order valence-electron chi connectivity index (χ3n) is 1.31. The Bertz CT molecular complexity index is 187. The molecule has 0 aromatic heterocycles. The summed E-state index contributed by atoms with van der Waals surface area (Å²) in [7, 11) is -2.09. The molecule has 0 radical (unpaired) electrons. The van der Waals surface area contributed by atoms with Crippen LogP contribution >= 0.6 is 18.6 Å². The predicted octanol–water partition coefficient (Wildman–Crippen LogP) is -2.61. The van der Waals surface area contributed by atoms with E-state index in [0.29, 0.717) is 19.6 Å². The Morgan fingerprint density at radius 1 is 1.30 bits per heavy atom. The SMILES string of the molecule is O=S1(=O)CC[S+]([I-]I)CC1. The van der Waals surface area contributed by atoms with Crippen molar-refractivity contribution in [2.45, 2.75) is 0 Å². The van der Waals surface area contributed by atoms with Crippen molar-refractivity contribution in [3.63, 3.8) is 0 Å². The van der Waals surface area contributed by atoms with Gasteiger partial charge in [0.05, 0.1) is 0 Å². The number of hydrogen-bond acceptors (Lipinski definition) is 2. The van der Waals surface area contributed by atoms with E-state index in [4.69, 9.17) is 0 Å². The molecule has 6 heteroatoms. The molecule has 1 aliphatic rings. The van der Waals surface area contributed by atoms with Crippen molar-refractivity contribution in [2.24, 2.45) is 0 Å². The molecule has 10 heavy (non-hydrogen) atoms. The van der Waals surface area contributed by atoms with Crippen LogP contribution in [0.2, 0.25) is 0 Å². The van der Waals surface area contributed by atoms with Crippen LogP contribution in [0.1, 0.15) is 0 Å². The number of halogens is 2. The second-order valence-corrected chi connectivity index (χ2v) is 17.6. The zero-order chi connectivity index (χ0) is 7.61. The standard InChI is InChI=1S/C4H8I2O2S2/c5-6-9-1-3-10(7,8)4-2-9/h1-4H2. The first-order chi connectivity index (χ1) is 4.64. The van der Waals surface area contributed by atoms with Gasteiger partial charge in [-0.05, 0) is 0 Å². The van der Waals surface area contributed by atoms with E-state index in [9.17, 15) is 8.42 Å². The fourth-order valence-electron chi connectivity index (χ4n) is 0.697. The molecule has 0 N–H and O–H groups in total. The van der Waals surface area contributed by atoms with Crippen LogP contribution in [0.5, 0.6) is 0 Å². The monoisotopic (exact) mass is 406 g/mol. The van der Waals surface area contributed by atoms with Gasteiger partial charge in [0.15, 0.2) is 0 Å². The number of hydrogen-bond donors (Lipinski definition) is 0. The van der Waals surface area contributed by atoms with Gasteiger partial charge in [0, 0.05) is 0 Å². The Balaban J connectivity index is 2.46. The molecule has 0 bridgehead atoms. The molecule has 0 aliphatic carbocycles. The Morgan fingerprint density at radius 3 is 2.20 bits per heavy atom. The molecule has 0 atom stereocenters. The minimum absolute atomic E-state index is 0.277. The molecule has 0 aromatic carbocycles. The van der Waals surface area contributed by atoms with Gasteiger partial charge < -0.3 is 0 Å².